The molecule has 3 atom stereocenters. The van der Waals surface area contributed by atoms with Crippen molar-refractivity contribution in [3.05, 3.63) is 131 Å². The third-order valence-corrected chi connectivity index (χ3v) is 8.11. The third-order valence-electron chi connectivity index (χ3n) is 8.11. The molecule has 8 rings (SSSR count). The minimum absolute atomic E-state index is 0.175. The summed E-state index contributed by atoms with van der Waals surface area (Å²) in [7, 11) is 0. The van der Waals surface area contributed by atoms with Gasteiger partial charge >= 0.3 is 0 Å². The van der Waals surface area contributed by atoms with E-state index >= 15 is 0 Å². The lowest BCUT2D eigenvalue weighted by atomic mass is 9.51. The highest BCUT2D eigenvalue weighted by atomic mass is 16.5. The molecule has 3 aliphatic carbocycles. The summed E-state index contributed by atoms with van der Waals surface area (Å²) in [5.74, 6) is 0.909. The van der Waals surface area contributed by atoms with E-state index in [1.165, 1.54) is 28.7 Å². The van der Waals surface area contributed by atoms with Gasteiger partial charge < -0.3 is 4.74 Å². The first kappa shape index (κ1) is 16.8. The molecule has 0 unspecified atom stereocenters. The zero-order chi connectivity index (χ0) is 19.8. The number of hydrogen-bond acceptors (Lipinski definition) is 1. The zero-order valence-electron chi connectivity index (χ0n) is 16.9. The van der Waals surface area contributed by atoms with Crippen LogP contribution in [0, 0.1) is 17.3 Å². The first-order valence-corrected chi connectivity index (χ1v) is 11.1. The van der Waals surface area contributed by atoms with Gasteiger partial charge in [0.2, 0.25) is 0 Å². The Morgan fingerprint density at radius 3 is 1.93 bits per heavy atom. The number of rotatable bonds is 2. The van der Waals surface area contributed by atoms with Gasteiger partial charge in [-0.3, -0.25) is 0 Å². The predicted molar refractivity (Wildman–Crippen MR) is 119 cm³/mol. The molecule has 2 aliphatic heterocycles. The molecule has 0 radical (unpaired) electrons. The molecule has 3 aromatic carbocycles. The van der Waals surface area contributed by atoms with E-state index in [-0.39, 0.29) is 5.41 Å². The van der Waals surface area contributed by atoms with E-state index in [2.05, 4.69) is 109 Å². The third kappa shape index (κ3) is 1.72. The fourth-order valence-corrected chi connectivity index (χ4v) is 7.01. The molecule has 146 valence electrons. The molecule has 0 aromatic heterocycles. The summed E-state index contributed by atoms with van der Waals surface area (Å²) >= 11 is 0. The van der Waals surface area contributed by atoms with Gasteiger partial charge in [-0.05, 0) is 41.0 Å². The van der Waals surface area contributed by atoms with Crippen molar-refractivity contribution in [1.29, 1.82) is 0 Å². The highest BCUT2D eigenvalue weighted by molar-refractivity contribution is 5.62. The van der Waals surface area contributed by atoms with Crippen LogP contribution >= 0.6 is 0 Å². The highest BCUT2D eigenvalue weighted by Gasteiger charge is 2.76. The molecule has 0 saturated carbocycles. The lowest BCUT2D eigenvalue weighted by Crippen LogP contribution is -2.48. The van der Waals surface area contributed by atoms with Gasteiger partial charge in [-0.25, -0.2) is 0 Å². The molecular weight excluding hydrogens is 364 g/mol. The molecule has 1 heteroatoms. The van der Waals surface area contributed by atoms with E-state index in [1.807, 2.05) is 0 Å². The van der Waals surface area contributed by atoms with Crippen LogP contribution in [0.15, 0.2) is 109 Å². The quantitative estimate of drug-likeness (QED) is 0.464. The van der Waals surface area contributed by atoms with Crippen molar-refractivity contribution >= 4 is 0 Å². The number of fused-ring (bicyclic) bond motifs is 6. The molecule has 0 amide bonds. The van der Waals surface area contributed by atoms with Crippen molar-refractivity contribution < 1.29 is 4.74 Å². The Bertz CT molecular complexity index is 1180. The number of allylic oxidation sites excluding steroid dienone is 2. The summed E-state index contributed by atoms with van der Waals surface area (Å²) in [6.45, 7) is 0. The van der Waals surface area contributed by atoms with Crippen molar-refractivity contribution in [2.24, 2.45) is 17.3 Å². The molecule has 1 saturated heterocycles. The van der Waals surface area contributed by atoms with Gasteiger partial charge in [0.05, 0.1) is 5.41 Å². The number of benzene rings is 3. The van der Waals surface area contributed by atoms with Crippen molar-refractivity contribution in [2.45, 2.75) is 24.0 Å². The van der Waals surface area contributed by atoms with Crippen molar-refractivity contribution in [3.8, 4) is 0 Å². The van der Waals surface area contributed by atoms with Crippen LogP contribution in [0.3, 0.4) is 0 Å². The number of ether oxygens (including phenoxy) is 1. The van der Waals surface area contributed by atoms with Crippen LogP contribution in [0.25, 0.3) is 0 Å². The average Bonchev–Trinajstić information content (AvgIpc) is 3.07. The van der Waals surface area contributed by atoms with Crippen LogP contribution in [0.1, 0.15) is 35.1 Å². The molecule has 3 aromatic rings. The van der Waals surface area contributed by atoms with Crippen molar-refractivity contribution in [1.82, 2.24) is 0 Å². The topological polar surface area (TPSA) is 9.23 Å². The van der Waals surface area contributed by atoms with E-state index in [4.69, 9.17) is 4.74 Å². The van der Waals surface area contributed by atoms with Crippen molar-refractivity contribution in [2.75, 3.05) is 0 Å². The second kappa shape index (κ2) is 5.62. The van der Waals surface area contributed by atoms with Crippen LogP contribution in [0.4, 0.5) is 0 Å². The standard InChI is InChI=1S/C29H24O/c1-3-9-22(10-4-1)28-24-13-7-8-14-25(24)29(30-28,23-11-5-2-6-12-23)27-19-17-21(18-20-27)15-16-26(27)28/h1-14,17-21,26H,15-16H2/t21?,26-,27?,28+,29-/m1/s1. The molecule has 30 heavy (non-hydrogen) atoms. The monoisotopic (exact) mass is 388 g/mol. The van der Waals surface area contributed by atoms with E-state index in [0.717, 1.165) is 6.42 Å². The van der Waals surface area contributed by atoms with Crippen molar-refractivity contribution in [3.63, 3.8) is 0 Å². The van der Waals surface area contributed by atoms with Gasteiger partial charge in [-0.2, -0.15) is 0 Å². The van der Waals surface area contributed by atoms with Crippen LogP contribution in [0.5, 0.6) is 0 Å². The largest absolute Gasteiger partial charge is 0.348 e. The van der Waals surface area contributed by atoms with Crippen LogP contribution in [-0.2, 0) is 15.9 Å². The van der Waals surface area contributed by atoms with Crippen LogP contribution < -0.4 is 0 Å². The summed E-state index contributed by atoms with van der Waals surface area (Å²) < 4.78 is 7.51. The summed E-state index contributed by atoms with van der Waals surface area (Å²) in [4.78, 5) is 0. The lowest BCUT2D eigenvalue weighted by molar-refractivity contribution is -0.0618. The summed E-state index contributed by atoms with van der Waals surface area (Å²) in [6.07, 6.45) is 12.2. The lowest BCUT2D eigenvalue weighted by Gasteiger charge is -2.47. The van der Waals surface area contributed by atoms with Gasteiger partial charge in [0.15, 0.2) is 0 Å². The number of hydrogen-bond donors (Lipinski definition) is 0. The first-order chi connectivity index (χ1) is 14.8. The van der Waals surface area contributed by atoms with Gasteiger partial charge in [-0.1, -0.05) is 109 Å². The molecular formula is C29H24O. The Kier molecular flexibility index (Phi) is 3.16. The second-order valence-corrected chi connectivity index (χ2v) is 9.24. The second-order valence-electron chi connectivity index (χ2n) is 9.24. The Labute approximate surface area is 177 Å². The molecule has 5 aliphatic rings. The smallest absolute Gasteiger partial charge is 0.133 e. The molecule has 2 heterocycles. The molecule has 1 nitrogen and oxygen atoms in total. The normalized spacial score (nSPS) is 37.1. The SMILES string of the molecule is C1=CC23C=CC1CC[C@H]2[C@@]1(c2ccccc2)O[C@]3(c2ccccc2)c2ccccc21. The maximum Gasteiger partial charge on any atom is 0.133 e. The summed E-state index contributed by atoms with van der Waals surface area (Å²) in [6, 6.07) is 30.8. The van der Waals surface area contributed by atoms with Crippen LogP contribution in [0.2, 0.25) is 0 Å². The molecule has 1 spiro atoms. The fourth-order valence-electron chi connectivity index (χ4n) is 7.01. The Morgan fingerprint density at radius 1 is 0.633 bits per heavy atom. The van der Waals surface area contributed by atoms with Gasteiger partial charge in [0, 0.05) is 5.92 Å². The fraction of sp³-hybridized carbons (Fsp3) is 0.241. The minimum atomic E-state index is -0.506. The average molecular weight is 389 g/mol. The minimum Gasteiger partial charge on any atom is -0.348 e. The molecule has 1 fully saturated rings. The summed E-state index contributed by atoms with van der Waals surface area (Å²) in [5.41, 5.74) is 4.10. The van der Waals surface area contributed by atoms with Gasteiger partial charge in [0.1, 0.15) is 11.2 Å². The van der Waals surface area contributed by atoms with Crippen LogP contribution in [-0.4, -0.2) is 0 Å². The summed E-state index contributed by atoms with van der Waals surface area (Å²) in [5, 5.41) is 0. The van der Waals surface area contributed by atoms with E-state index in [0.29, 0.717) is 11.8 Å². The van der Waals surface area contributed by atoms with Gasteiger partial charge in [-0.15, -0.1) is 0 Å². The van der Waals surface area contributed by atoms with E-state index < -0.39 is 11.2 Å². The molecule has 4 bridgehead atoms. The Hall–Kier alpha value is -2.90. The maximum atomic E-state index is 7.51. The first-order valence-electron chi connectivity index (χ1n) is 11.1. The highest BCUT2D eigenvalue weighted by Crippen LogP contribution is 2.76. The molecule has 0 N–H and O–H groups in total. The van der Waals surface area contributed by atoms with E-state index in [9.17, 15) is 0 Å². The Morgan fingerprint density at radius 2 is 1.23 bits per heavy atom. The Balaban J connectivity index is 1.65. The maximum absolute atomic E-state index is 7.51. The zero-order valence-corrected chi connectivity index (χ0v) is 16.9. The van der Waals surface area contributed by atoms with Gasteiger partial charge in [0.25, 0.3) is 0 Å². The van der Waals surface area contributed by atoms with E-state index in [1.54, 1.807) is 0 Å². The predicted octanol–water partition coefficient (Wildman–Crippen LogP) is 6.36.